The van der Waals surface area contributed by atoms with Gasteiger partial charge in [0.25, 0.3) is 0 Å². The topological polar surface area (TPSA) is 63.6 Å². The summed E-state index contributed by atoms with van der Waals surface area (Å²) < 4.78 is 18.3. The summed E-state index contributed by atoms with van der Waals surface area (Å²) in [7, 11) is 1.16. The highest BCUT2D eigenvalue weighted by Crippen LogP contribution is 2.32. The Morgan fingerprint density at radius 1 is 1.30 bits per heavy atom. The van der Waals surface area contributed by atoms with E-state index in [0.29, 0.717) is 17.4 Å². The van der Waals surface area contributed by atoms with Crippen molar-refractivity contribution in [2.45, 2.75) is 0 Å². The van der Waals surface area contributed by atoms with Crippen molar-refractivity contribution in [3.63, 3.8) is 0 Å². The van der Waals surface area contributed by atoms with Crippen LogP contribution >= 0.6 is 0 Å². The number of para-hydroxylation sites is 1. The van der Waals surface area contributed by atoms with Crippen LogP contribution in [-0.2, 0) is 4.74 Å². The molecule has 4 nitrogen and oxygen atoms in total. The van der Waals surface area contributed by atoms with Crippen molar-refractivity contribution in [2.75, 3.05) is 7.11 Å². The molecule has 20 heavy (non-hydrogen) atoms. The van der Waals surface area contributed by atoms with Crippen molar-refractivity contribution >= 4 is 12.3 Å². The van der Waals surface area contributed by atoms with Crippen molar-refractivity contribution in [3.8, 4) is 16.9 Å². The maximum absolute atomic E-state index is 13.8. The molecule has 0 aliphatic carbocycles. The molecule has 0 atom stereocenters. The molecule has 0 fully saturated rings. The number of benzene rings is 2. The average molecular weight is 274 g/mol. The minimum Gasteiger partial charge on any atom is -0.507 e. The Hall–Kier alpha value is -2.69. The van der Waals surface area contributed by atoms with Crippen molar-refractivity contribution in [1.29, 1.82) is 0 Å². The molecule has 1 N–H and O–H groups in total. The zero-order chi connectivity index (χ0) is 14.7. The molecule has 0 bridgehead atoms. The number of aromatic hydroxyl groups is 1. The number of hydrogen-bond donors (Lipinski definition) is 1. The lowest BCUT2D eigenvalue weighted by atomic mass is 10.0. The number of phenols is 1. The van der Waals surface area contributed by atoms with Crippen LogP contribution in [0.5, 0.6) is 5.75 Å². The van der Waals surface area contributed by atoms with Crippen LogP contribution in [0.25, 0.3) is 11.1 Å². The predicted octanol–water partition coefficient (Wildman–Crippen LogP) is 2.80. The standard InChI is InChI=1S/C15H11FO4/c1-20-15(19)12-6-5-9(7-13(12)16)11-4-2-3-10(8-17)14(11)18/h2-8,18H,1H3. The smallest absolute Gasteiger partial charge is 0.340 e. The number of ether oxygens (including phenoxy) is 1. The van der Waals surface area contributed by atoms with Crippen molar-refractivity contribution < 1.29 is 23.8 Å². The molecule has 2 rings (SSSR count). The van der Waals surface area contributed by atoms with Gasteiger partial charge < -0.3 is 9.84 Å². The first-order chi connectivity index (χ1) is 9.58. The number of aldehydes is 1. The molecule has 2 aromatic rings. The molecule has 102 valence electrons. The summed E-state index contributed by atoms with van der Waals surface area (Å²) in [5.74, 6) is -1.77. The molecular formula is C15H11FO4. The minimum absolute atomic E-state index is 0.111. The lowest BCUT2D eigenvalue weighted by Gasteiger charge is -2.08. The van der Waals surface area contributed by atoms with Gasteiger partial charge in [-0.3, -0.25) is 4.79 Å². The molecule has 0 saturated heterocycles. The SMILES string of the molecule is COC(=O)c1ccc(-c2cccc(C=O)c2O)cc1F. The van der Waals surface area contributed by atoms with Gasteiger partial charge in [0.1, 0.15) is 11.6 Å². The molecule has 5 heteroatoms. The monoisotopic (exact) mass is 274 g/mol. The molecule has 0 aliphatic rings. The third kappa shape index (κ3) is 2.38. The first-order valence-electron chi connectivity index (χ1n) is 5.74. The Bertz CT molecular complexity index is 680. The highest BCUT2D eigenvalue weighted by Gasteiger charge is 2.15. The van der Waals surface area contributed by atoms with Gasteiger partial charge in [-0.1, -0.05) is 18.2 Å². The fourth-order valence-electron chi connectivity index (χ4n) is 1.85. The molecule has 0 aliphatic heterocycles. The van der Waals surface area contributed by atoms with E-state index >= 15 is 0 Å². The van der Waals surface area contributed by atoms with E-state index in [1.54, 1.807) is 12.1 Å². The summed E-state index contributed by atoms with van der Waals surface area (Å²) in [4.78, 5) is 22.1. The second-order valence-corrected chi connectivity index (χ2v) is 4.05. The Balaban J connectivity index is 2.52. The van der Waals surface area contributed by atoms with Gasteiger partial charge in [0, 0.05) is 5.56 Å². The van der Waals surface area contributed by atoms with Gasteiger partial charge >= 0.3 is 5.97 Å². The van der Waals surface area contributed by atoms with Crippen molar-refractivity contribution in [1.82, 2.24) is 0 Å². The highest BCUT2D eigenvalue weighted by molar-refractivity contribution is 5.91. The summed E-state index contributed by atoms with van der Waals surface area (Å²) in [5, 5.41) is 9.91. The van der Waals surface area contributed by atoms with Crippen LogP contribution in [0.15, 0.2) is 36.4 Å². The zero-order valence-corrected chi connectivity index (χ0v) is 10.6. The van der Waals surface area contributed by atoms with E-state index in [4.69, 9.17) is 0 Å². The van der Waals surface area contributed by atoms with E-state index in [0.717, 1.165) is 13.2 Å². The van der Waals surface area contributed by atoms with E-state index < -0.39 is 11.8 Å². The molecule has 0 aromatic heterocycles. The molecule has 0 amide bonds. The van der Waals surface area contributed by atoms with Gasteiger partial charge in [0.2, 0.25) is 0 Å². The minimum atomic E-state index is -0.778. The summed E-state index contributed by atoms with van der Waals surface area (Å²) in [6.45, 7) is 0. The van der Waals surface area contributed by atoms with E-state index in [1.165, 1.54) is 18.2 Å². The number of phenolic OH excluding ortho intramolecular Hbond substituents is 1. The number of esters is 1. The molecule has 0 saturated carbocycles. The lowest BCUT2D eigenvalue weighted by molar-refractivity contribution is 0.0595. The Kier molecular flexibility index (Phi) is 3.79. The molecule has 0 unspecified atom stereocenters. The van der Waals surface area contributed by atoms with Gasteiger partial charge in [0.05, 0.1) is 18.2 Å². The summed E-state index contributed by atoms with van der Waals surface area (Å²) >= 11 is 0. The van der Waals surface area contributed by atoms with E-state index in [2.05, 4.69) is 4.74 Å². The van der Waals surface area contributed by atoms with Crippen LogP contribution < -0.4 is 0 Å². The summed E-state index contributed by atoms with van der Waals surface area (Å²) in [6, 6.07) is 8.42. The lowest BCUT2D eigenvalue weighted by Crippen LogP contribution is -2.04. The second kappa shape index (κ2) is 5.52. The molecule has 0 spiro atoms. The van der Waals surface area contributed by atoms with Gasteiger partial charge in [-0.25, -0.2) is 9.18 Å². The number of carbonyl (C=O) groups is 2. The van der Waals surface area contributed by atoms with Crippen LogP contribution in [0.4, 0.5) is 4.39 Å². The number of carbonyl (C=O) groups excluding carboxylic acids is 2. The van der Waals surface area contributed by atoms with Gasteiger partial charge in [0.15, 0.2) is 6.29 Å². The van der Waals surface area contributed by atoms with E-state index in [-0.39, 0.29) is 16.9 Å². The highest BCUT2D eigenvalue weighted by atomic mass is 19.1. The van der Waals surface area contributed by atoms with E-state index in [1.807, 2.05) is 0 Å². The van der Waals surface area contributed by atoms with E-state index in [9.17, 15) is 19.1 Å². The predicted molar refractivity (Wildman–Crippen MR) is 70.2 cm³/mol. The Labute approximate surface area is 114 Å². The molecule has 0 heterocycles. The first-order valence-corrected chi connectivity index (χ1v) is 5.74. The molecule has 2 aromatic carbocycles. The maximum Gasteiger partial charge on any atom is 0.340 e. The first kappa shape index (κ1) is 13.7. The normalized spacial score (nSPS) is 10.1. The van der Waals surface area contributed by atoms with Crippen LogP contribution in [0.3, 0.4) is 0 Å². The fourth-order valence-corrected chi connectivity index (χ4v) is 1.85. The molecular weight excluding hydrogens is 263 g/mol. The maximum atomic E-state index is 13.8. The second-order valence-electron chi connectivity index (χ2n) is 4.05. The number of halogens is 1. The van der Waals surface area contributed by atoms with Crippen LogP contribution in [0.2, 0.25) is 0 Å². The summed E-state index contributed by atoms with van der Waals surface area (Å²) in [5.41, 5.74) is 0.587. The number of methoxy groups -OCH3 is 1. The van der Waals surface area contributed by atoms with Crippen LogP contribution in [0, 0.1) is 5.82 Å². The quantitative estimate of drug-likeness (QED) is 0.690. The van der Waals surface area contributed by atoms with Gasteiger partial charge in [-0.2, -0.15) is 0 Å². The van der Waals surface area contributed by atoms with Crippen LogP contribution in [0.1, 0.15) is 20.7 Å². The third-order valence-corrected chi connectivity index (χ3v) is 2.88. The zero-order valence-electron chi connectivity index (χ0n) is 10.6. The average Bonchev–Trinajstić information content (AvgIpc) is 2.46. The van der Waals surface area contributed by atoms with Crippen LogP contribution in [-0.4, -0.2) is 24.5 Å². The summed E-state index contributed by atoms with van der Waals surface area (Å²) in [6.07, 6.45) is 0.512. The number of rotatable bonds is 3. The third-order valence-electron chi connectivity index (χ3n) is 2.88. The molecule has 0 radical (unpaired) electrons. The largest absolute Gasteiger partial charge is 0.507 e. The fraction of sp³-hybridized carbons (Fsp3) is 0.0667. The number of hydrogen-bond acceptors (Lipinski definition) is 4. The Morgan fingerprint density at radius 2 is 2.05 bits per heavy atom. The van der Waals surface area contributed by atoms with Gasteiger partial charge in [-0.15, -0.1) is 0 Å². The van der Waals surface area contributed by atoms with Crippen molar-refractivity contribution in [3.05, 3.63) is 53.3 Å². The van der Waals surface area contributed by atoms with Crippen molar-refractivity contribution in [2.24, 2.45) is 0 Å². The Morgan fingerprint density at radius 3 is 2.65 bits per heavy atom. The van der Waals surface area contributed by atoms with Gasteiger partial charge in [-0.05, 0) is 23.8 Å².